The molecule has 3 heteroatoms. The zero-order valence-electron chi connectivity index (χ0n) is 13.1. The Kier molecular flexibility index (Phi) is 5.94. The van der Waals surface area contributed by atoms with Crippen molar-refractivity contribution in [3.8, 4) is 0 Å². The third-order valence-corrected chi connectivity index (χ3v) is 4.68. The molecule has 0 radical (unpaired) electrons. The molecule has 0 unspecified atom stereocenters. The van der Waals surface area contributed by atoms with Gasteiger partial charge in [0.2, 0.25) is 0 Å². The maximum absolute atomic E-state index is 3.61. The van der Waals surface area contributed by atoms with Crippen LogP contribution in [0.15, 0.2) is 24.3 Å². The number of hydrogen-bond donors (Lipinski definition) is 1. The lowest BCUT2D eigenvalue weighted by molar-refractivity contribution is 0.286. The number of nitrogens with zero attached hydrogens (tertiary/aromatic N) is 1. The van der Waals surface area contributed by atoms with Gasteiger partial charge in [-0.1, -0.05) is 24.3 Å². The van der Waals surface area contributed by atoms with E-state index in [1.165, 1.54) is 42.1 Å². The minimum absolute atomic E-state index is 0.173. The van der Waals surface area contributed by atoms with Gasteiger partial charge in [0.05, 0.1) is 0 Å². The molecular formula is C17H28N2S. The first-order valence-electron chi connectivity index (χ1n) is 7.66. The van der Waals surface area contributed by atoms with Gasteiger partial charge < -0.3 is 5.32 Å². The minimum Gasteiger partial charge on any atom is -0.308 e. The quantitative estimate of drug-likeness (QED) is 0.914. The largest absolute Gasteiger partial charge is 0.308 e. The Morgan fingerprint density at radius 3 is 2.60 bits per heavy atom. The maximum atomic E-state index is 3.61. The lowest BCUT2D eigenvalue weighted by Crippen LogP contribution is -2.35. The van der Waals surface area contributed by atoms with Gasteiger partial charge in [0, 0.05) is 30.9 Å². The summed E-state index contributed by atoms with van der Waals surface area (Å²) in [6, 6.07) is 8.88. The van der Waals surface area contributed by atoms with Crippen molar-refractivity contribution in [3.63, 3.8) is 0 Å². The molecule has 1 fully saturated rings. The molecule has 0 bridgehead atoms. The van der Waals surface area contributed by atoms with Gasteiger partial charge in [-0.2, -0.15) is 11.8 Å². The van der Waals surface area contributed by atoms with Gasteiger partial charge in [0.1, 0.15) is 0 Å². The van der Waals surface area contributed by atoms with Crippen LogP contribution in [0.4, 0.5) is 0 Å². The second-order valence-electron chi connectivity index (χ2n) is 6.61. The Bertz CT molecular complexity index is 404. The summed E-state index contributed by atoms with van der Waals surface area (Å²) in [6.07, 6.45) is 1.33. The molecule has 0 saturated carbocycles. The summed E-state index contributed by atoms with van der Waals surface area (Å²) in [5.41, 5.74) is 3.10. The SMILES string of the molecule is CC(C)(C)NCc1ccccc1CN1CCCSCC1. The third kappa shape index (κ3) is 5.47. The van der Waals surface area contributed by atoms with Gasteiger partial charge in [-0.3, -0.25) is 4.90 Å². The zero-order chi connectivity index (χ0) is 14.4. The molecule has 0 aromatic heterocycles. The molecule has 1 heterocycles. The first-order chi connectivity index (χ1) is 9.54. The van der Waals surface area contributed by atoms with Crippen LogP contribution in [0.1, 0.15) is 38.3 Å². The van der Waals surface area contributed by atoms with Crippen LogP contribution in [-0.2, 0) is 13.1 Å². The fraction of sp³-hybridized carbons (Fsp3) is 0.647. The average Bonchev–Trinajstić information content (AvgIpc) is 2.65. The van der Waals surface area contributed by atoms with E-state index >= 15 is 0 Å². The van der Waals surface area contributed by atoms with Gasteiger partial charge in [-0.15, -0.1) is 0 Å². The Balaban J connectivity index is 1.99. The summed E-state index contributed by atoms with van der Waals surface area (Å²) in [5, 5.41) is 3.61. The lowest BCUT2D eigenvalue weighted by Gasteiger charge is -2.24. The number of benzene rings is 1. The monoisotopic (exact) mass is 292 g/mol. The number of rotatable bonds is 4. The molecule has 2 rings (SSSR count). The number of hydrogen-bond acceptors (Lipinski definition) is 3. The van der Waals surface area contributed by atoms with E-state index in [0.717, 1.165) is 13.1 Å². The van der Waals surface area contributed by atoms with Crippen LogP contribution >= 0.6 is 11.8 Å². The smallest absolute Gasteiger partial charge is 0.0237 e. The Morgan fingerprint density at radius 1 is 1.10 bits per heavy atom. The van der Waals surface area contributed by atoms with Crippen LogP contribution in [-0.4, -0.2) is 35.0 Å². The normalized spacial score (nSPS) is 17.9. The summed E-state index contributed by atoms with van der Waals surface area (Å²) in [6.45, 7) is 11.2. The molecule has 1 N–H and O–H groups in total. The molecule has 1 aliphatic rings. The molecule has 2 nitrogen and oxygen atoms in total. The standard InChI is InChI=1S/C17H28N2S/c1-17(2,3)18-13-15-7-4-5-8-16(15)14-19-9-6-11-20-12-10-19/h4-5,7-8,18H,6,9-14H2,1-3H3. The van der Waals surface area contributed by atoms with E-state index in [1.807, 2.05) is 0 Å². The van der Waals surface area contributed by atoms with Crippen LogP contribution in [0, 0.1) is 0 Å². The van der Waals surface area contributed by atoms with Gasteiger partial charge in [0.15, 0.2) is 0 Å². The molecule has 1 saturated heterocycles. The van der Waals surface area contributed by atoms with Crippen molar-refractivity contribution in [2.75, 3.05) is 24.6 Å². The summed E-state index contributed by atoms with van der Waals surface area (Å²) >= 11 is 2.09. The van der Waals surface area contributed by atoms with Crippen LogP contribution in [0.3, 0.4) is 0 Å². The van der Waals surface area contributed by atoms with Gasteiger partial charge in [-0.25, -0.2) is 0 Å². The Labute approximate surface area is 128 Å². The van der Waals surface area contributed by atoms with E-state index in [9.17, 15) is 0 Å². The lowest BCUT2D eigenvalue weighted by atomic mass is 10.0. The maximum Gasteiger partial charge on any atom is 0.0237 e. The van der Waals surface area contributed by atoms with Gasteiger partial charge in [0.25, 0.3) is 0 Å². The van der Waals surface area contributed by atoms with E-state index < -0.39 is 0 Å². The predicted octanol–water partition coefficient (Wildman–Crippen LogP) is 3.51. The topological polar surface area (TPSA) is 15.3 Å². The molecule has 0 atom stereocenters. The highest BCUT2D eigenvalue weighted by molar-refractivity contribution is 7.99. The van der Waals surface area contributed by atoms with Crippen molar-refractivity contribution < 1.29 is 0 Å². The fourth-order valence-corrected chi connectivity index (χ4v) is 3.37. The fourth-order valence-electron chi connectivity index (χ4n) is 2.44. The minimum atomic E-state index is 0.173. The first-order valence-corrected chi connectivity index (χ1v) is 8.82. The summed E-state index contributed by atoms with van der Waals surface area (Å²) in [5.74, 6) is 2.60. The van der Waals surface area contributed by atoms with Crippen LogP contribution in [0.5, 0.6) is 0 Å². The second-order valence-corrected chi connectivity index (χ2v) is 7.84. The molecule has 1 aromatic rings. The highest BCUT2D eigenvalue weighted by Crippen LogP contribution is 2.16. The molecule has 0 aliphatic carbocycles. The van der Waals surface area contributed by atoms with Crippen molar-refractivity contribution in [2.45, 2.75) is 45.8 Å². The molecule has 112 valence electrons. The van der Waals surface area contributed by atoms with E-state index in [1.54, 1.807) is 0 Å². The van der Waals surface area contributed by atoms with Crippen molar-refractivity contribution in [2.24, 2.45) is 0 Å². The highest BCUT2D eigenvalue weighted by atomic mass is 32.2. The zero-order valence-corrected chi connectivity index (χ0v) is 13.9. The summed E-state index contributed by atoms with van der Waals surface area (Å²) < 4.78 is 0. The van der Waals surface area contributed by atoms with Crippen molar-refractivity contribution in [3.05, 3.63) is 35.4 Å². The average molecular weight is 292 g/mol. The van der Waals surface area contributed by atoms with Crippen molar-refractivity contribution in [1.82, 2.24) is 10.2 Å². The van der Waals surface area contributed by atoms with Crippen molar-refractivity contribution in [1.29, 1.82) is 0 Å². The molecule has 0 amide bonds. The Morgan fingerprint density at radius 2 is 1.85 bits per heavy atom. The third-order valence-electron chi connectivity index (χ3n) is 3.64. The van der Waals surface area contributed by atoms with Gasteiger partial charge in [-0.05, 0) is 50.6 Å². The summed E-state index contributed by atoms with van der Waals surface area (Å²) in [7, 11) is 0. The molecule has 1 aliphatic heterocycles. The predicted molar refractivity (Wildman–Crippen MR) is 90.3 cm³/mol. The molecular weight excluding hydrogens is 264 g/mol. The molecule has 0 spiro atoms. The van der Waals surface area contributed by atoms with E-state index in [2.05, 4.69) is 67.0 Å². The second kappa shape index (κ2) is 7.48. The van der Waals surface area contributed by atoms with Crippen LogP contribution < -0.4 is 5.32 Å². The summed E-state index contributed by atoms with van der Waals surface area (Å²) in [4.78, 5) is 2.61. The van der Waals surface area contributed by atoms with Crippen molar-refractivity contribution >= 4 is 11.8 Å². The molecule has 20 heavy (non-hydrogen) atoms. The highest BCUT2D eigenvalue weighted by Gasteiger charge is 2.13. The van der Waals surface area contributed by atoms with E-state index in [0.29, 0.717) is 0 Å². The van der Waals surface area contributed by atoms with E-state index in [4.69, 9.17) is 0 Å². The van der Waals surface area contributed by atoms with Crippen LogP contribution in [0.25, 0.3) is 0 Å². The first kappa shape index (κ1) is 15.9. The van der Waals surface area contributed by atoms with Crippen LogP contribution in [0.2, 0.25) is 0 Å². The van der Waals surface area contributed by atoms with E-state index in [-0.39, 0.29) is 5.54 Å². The number of thioether (sulfide) groups is 1. The number of nitrogens with one attached hydrogen (secondary N) is 1. The Hall–Kier alpha value is -0.510. The van der Waals surface area contributed by atoms with Gasteiger partial charge >= 0.3 is 0 Å². The molecule has 1 aromatic carbocycles.